The quantitative estimate of drug-likeness (QED) is 0.0415. The van der Waals surface area contributed by atoms with Crippen molar-refractivity contribution < 1.29 is 4.42 Å². The summed E-state index contributed by atoms with van der Waals surface area (Å²) in [6.45, 7) is 4.60. The summed E-state index contributed by atoms with van der Waals surface area (Å²) in [5.74, 6) is 0. The molecule has 0 amide bonds. The third-order valence-corrected chi connectivity index (χ3v) is 14.6. The number of furan rings is 1. The van der Waals surface area contributed by atoms with Gasteiger partial charge in [-0.15, -0.1) is 0 Å². The summed E-state index contributed by atoms with van der Waals surface area (Å²) < 4.78 is 12.1. The molecule has 0 aliphatic heterocycles. The van der Waals surface area contributed by atoms with E-state index in [0.29, 0.717) is 29.0 Å². The average molecular weight is 769 g/mol. The van der Waals surface area contributed by atoms with Gasteiger partial charge in [0, 0.05) is 0 Å². The molecule has 0 saturated carbocycles. The van der Waals surface area contributed by atoms with E-state index < -0.39 is 0 Å². The summed E-state index contributed by atoms with van der Waals surface area (Å²) in [6, 6.07) is 9.22. The van der Waals surface area contributed by atoms with Crippen molar-refractivity contribution in [1.82, 2.24) is 9.97 Å². The van der Waals surface area contributed by atoms with Crippen molar-refractivity contribution in [3.8, 4) is 0 Å². The van der Waals surface area contributed by atoms with E-state index in [1.165, 1.54) is 195 Å². The van der Waals surface area contributed by atoms with Crippen LogP contribution in [0.15, 0.2) is 28.7 Å². The van der Waals surface area contributed by atoms with Crippen LogP contribution in [0.4, 0.5) is 0 Å². The van der Waals surface area contributed by atoms with Crippen molar-refractivity contribution in [3.05, 3.63) is 33.4 Å². The molecule has 3 nitrogen and oxygen atoms in total. The molecule has 258 valence electrons. The molecule has 3 heterocycles. The molecular formula is C42H62N2OSe2. The molecule has 5 rings (SSSR count). The van der Waals surface area contributed by atoms with Crippen LogP contribution in [-0.4, -0.2) is 39.0 Å². The number of nitrogens with zero attached hydrogens (tertiary/aromatic N) is 2. The van der Waals surface area contributed by atoms with E-state index in [4.69, 9.17) is 14.4 Å². The Hall–Kier alpha value is -1.38. The first-order valence-electron chi connectivity index (χ1n) is 19.8. The van der Waals surface area contributed by atoms with Crippen LogP contribution in [0.1, 0.15) is 177 Å². The molecule has 0 spiro atoms. The number of aryl methyl sites for hydroxylation is 2. The number of rotatable bonds is 26. The van der Waals surface area contributed by atoms with E-state index in [1.807, 2.05) is 0 Å². The van der Waals surface area contributed by atoms with E-state index in [9.17, 15) is 0 Å². The van der Waals surface area contributed by atoms with Gasteiger partial charge in [0.2, 0.25) is 0 Å². The first-order valence-corrected chi connectivity index (χ1v) is 23.2. The maximum atomic E-state index is 6.40. The maximum absolute atomic E-state index is 6.40. The Labute approximate surface area is 297 Å². The number of hydrogen-bond donors (Lipinski definition) is 0. The summed E-state index contributed by atoms with van der Waals surface area (Å²) in [4.78, 5) is 10.1. The molecule has 2 aromatic carbocycles. The summed E-state index contributed by atoms with van der Waals surface area (Å²) in [5.41, 5.74) is 4.29. The summed E-state index contributed by atoms with van der Waals surface area (Å²) >= 11 is 0.714. The van der Waals surface area contributed by atoms with E-state index in [1.54, 1.807) is 0 Å². The fourth-order valence-corrected chi connectivity index (χ4v) is 11.5. The molecule has 5 heteroatoms. The Morgan fingerprint density at radius 1 is 0.426 bits per heavy atom. The third kappa shape index (κ3) is 11.9. The number of aromatic nitrogens is 2. The Bertz CT molecular complexity index is 1480. The second-order valence-electron chi connectivity index (χ2n) is 14.2. The van der Waals surface area contributed by atoms with Gasteiger partial charge in [-0.3, -0.25) is 0 Å². The van der Waals surface area contributed by atoms with Gasteiger partial charge in [-0.2, -0.15) is 0 Å². The molecule has 0 unspecified atom stereocenters. The molecule has 0 saturated heterocycles. The van der Waals surface area contributed by atoms with Crippen LogP contribution < -0.4 is 0 Å². The predicted octanol–water partition coefficient (Wildman–Crippen LogP) is 13.3. The molecule has 0 atom stereocenters. The minimum atomic E-state index is 0.357. The first kappa shape index (κ1) is 36.9. The molecular weight excluding hydrogens is 706 g/mol. The Balaban J connectivity index is 1.03. The van der Waals surface area contributed by atoms with Gasteiger partial charge in [0.05, 0.1) is 0 Å². The Morgan fingerprint density at radius 3 is 1.09 bits per heavy atom. The van der Waals surface area contributed by atoms with Crippen LogP contribution in [0.2, 0.25) is 0 Å². The topological polar surface area (TPSA) is 38.9 Å². The zero-order valence-corrected chi connectivity index (χ0v) is 33.2. The molecule has 0 radical (unpaired) electrons. The second kappa shape index (κ2) is 21.0. The number of benzene rings is 2. The van der Waals surface area contributed by atoms with E-state index in [0.717, 1.165) is 22.2 Å². The van der Waals surface area contributed by atoms with E-state index in [-0.39, 0.29) is 0 Å². The molecule has 0 aliphatic rings. The van der Waals surface area contributed by atoms with Gasteiger partial charge in [0.25, 0.3) is 0 Å². The van der Waals surface area contributed by atoms with Gasteiger partial charge in [-0.05, 0) is 0 Å². The molecule has 5 aromatic rings. The summed E-state index contributed by atoms with van der Waals surface area (Å²) in [5, 5.41) is 2.55. The zero-order valence-electron chi connectivity index (χ0n) is 29.8. The number of hydrogen-bond acceptors (Lipinski definition) is 3. The third-order valence-electron chi connectivity index (χ3n) is 10.1. The standard InChI is InChI=1S/C42H62N2OSe2/c1-3-5-7-9-11-13-15-17-19-21-23-25-27-41-43-35-31-37-33(29-39(35)46-41)34-30-40-36(32-38(34)45-37)44-42(47-40)28-26-24-22-20-18-16-14-12-10-8-6-4-2/h29-32H,3-28H2,1-2H3. The van der Waals surface area contributed by atoms with Gasteiger partial charge < -0.3 is 0 Å². The molecule has 0 bridgehead atoms. The predicted molar refractivity (Wildman–Crippen MR) is 208 cm³/mol. The van der Waals surface area contributed by atoms with Gasteiger partial charge >= 0.3 is 260 Å². The zero-order chi connectivity index (χ0) is 32.5. The SMILES string of the molecule is CCCCCCCCCCCCCCc1nc2cc3oc4cc5nc(CCCCCCCCCCCCCC)[se]c5cc4c3cc2[se]1. The van der Waals surface area contributed by atoms with Crippen LogP contribution in [0.5, 0.6) is 0 Å². The van der Waals surface area contributed by atoms with E-state index >= 15 is 0 Å². The van der Waals surface area contributed by atoms with Crippen molar-refractivity contribution in [2.24, 2.45) is 0 Å². The number of unbranched alkanes of at least 4 members (excludes halogenated alkanes) is 22. The monoisotopic (exact) mass is 770 g/mol. The van der Waals surface area contributed by atoms with E-state index in [2.05, 4.69) is 38.1 Å². The number of fused-ring (bicyclic) bond motifs is 5. The average Bonchev–Trinajstić information content (AvgIpc) is 3.77. The van der Waals surface area contributed by atoms with Crippen molar-refractivity contribution in [2.45, 2.75) is 181 Å². The van der Waals surface area contributed by atoms with Gasteiger partial charge in [-0.1, -0.05) is 39.5 Å². The van der Waals surface area contributed by atoms with Gasteiger partial charge in [0.1, 0.15) is 0 Å². The molecule has 0 aliphatic carbocycles. The van der Waals surface area contributed by atoms with Crippen LogP contribution in [-0.2, 0) is 12.8 Å². The first-order chi connectivity index (χ1) is 23.2. The fourth-order valence-electron chi connectivity index (χ4n) is 7.16. The van der Waals surface area contributed by atoms with Crippen molar-refractivity contribution in [1.29, 1.82) is 0 Å². The molecule has 0 fully saturated rings. The molecule has 47 heavy (non-hydrogen) atoms. The van der Waals surface area contributed by atoms with Crippen molar-refractivity contribution >= 4 is 70.5 Å². The second-order valence-corrected chi connectivity index (χ2v) is 18.9. The molecule has 0 N–H and O–H groups in total. The minimum absolute atomic E-state index is 0.357. The normalized spacial score (nSPS) is 12.1. The Kier molecular flexibility index (Phi) is 16.5. The van der Waals surface area contributed by atoms with Crippen molar-refractivity contribution in [3.63, 3.8) is 0 Å². The molecule has 3 aromatic heterocycles. The summed E-state index contributed by atoms with van der Waals surface area (Å²) in [6.07, 6.45) is 36.0. The van der Waals surface area contributed by atoms with Crippen molar-refractivity contribution in [2.75, 3.05) is 0 Å². The van der Waals surface area contributed by atoms with Crippen LogP contribution in [0.25, 0.3) is 41.5 Å². The van der Waals surface area contributed by atoms with Crippen LogP contribution in [0.3, 0.4) is 0 Å². The fraction of sp³-hybridized carbons (Fsp3) is 0.667. The van der Waals surface area contributed by atoms with Crippen LogP contribution in [0, 0.1) is 0 Å². The van der Waals surface area contributed by atoms with Gasteiger partial charge in [-0.25, -0.2) is 0 Å². The van der Waals surface area contributed by atoms with Gasteiger partial charge in [0.15, 0.2) is 0 Å². The Morgan fingerprint density at radius 2 is 0.745 bits per heavy atom. The summed E-state index contributed by atoms with van der Waals surface area (Å²) in [7, 11) is 0. The van der Waals surface area contributed by atoms with Crippen LogP contribution >= 0.6 is 0 Å².